The molecule has 1 amide bonds. The molecule has 0 bridgehead atoms. The second kappa shape index (κ2) is 4.32. The third-order valence-electron chi connectivity index (χ3n) is 1.44. The molecule has 14 heavy (non-hydrogen) atoms. The van der Waals surface area contributed by atoms with Crippen LogP contribution in [0.5, 0.6) is 5.75 Å². The molecule has 0 spiro atoms. The SMILES string of the molecule is NC(=O)c1cc(OB(O)O)ccc1Cl. The summed E-state index contributed by atoms with van der Waals surface area (Å²) in [4.78, 5) is 10.8. The summed E-state index contributed by atoms with van der Waals surface area (Å²) in [5, 5.41) is 17.2. The van der Waals surface area contributed by atoms with E-state index in [0.717, 1.165) is 0 Å². The van der Waals surface area contributed by atoms with E-state index in [4.69, 9.17) is 27.4 Å². The van der Waals surface area contributed by atoms with Crippen molar-refractivity contribution in [3.63, 3.8) is 0 Å². The Morgan fingerprint density at radius 1 is 1.50 bits per heavy atom. The minimum Gasteiger partial charge on any atom is -0.512 e. The van der Waals surface area contributed by atoms with E-state index in [1.807, 2.05) is 0 Å². The summed E-state index contributed by atoms with van der Waals surface area (Å²) >= 11 is 5.65. The molecule has 1 aromatic rings. The Morgan fingerprint density at radius 3 is 2.64 bits per heavy atom. The molecule has 0 aliphatic carbocycles. The van der Waals surface area contributed by atoms with E-state index >= 15 is 0 Å². The zero-order chi connectivity index (χ0) is 10.7. The molecule has 0 radical (unpaired) electrons. The minimum absolute atomic E-state index is 0.0600. The van der Waals surface area contributed by atoms with Gasteiger partial charge in [-0.3, -0.25) is 4.79 Å². The largest absolute Gasteiger partial charge is 0.707 e. The molecule has 1 aromatic carbocycles. The summed E-state index contributed by atoms with van der Waals surface area (Å²) in [7, 11) is -1.95. The van der Waals surface area contributed by atoms with Crippen LogP contribution in [0.15, 0.2) is 18.2 Å². The van der Waals surface area contributed by atoms with E-state index in [1.165, 1.54) is 18.2 Å². The van der Waals surface area contributed by atoms with E-state index in [2.05, 4.69) is 4.65 Å². The second-order valence-corrected chi connectivity index (χ2v) is 2.86. The van der Waals surface area contributed by atoms with E-state index in [-0.39, 0.29) is 16.3 Å². The van der Waals surface area contributed by atoms with Crippen LogP contribution in [-0.4, -0.2) is 23.3 Å². The lowest BCUT2D eigenvalue weighted by Crippen LogP contribution is -2.21. The molecule has 0 unspecified atom stereocenters. The molecule has 0 aliphatic rings. The number of primary amides is 1. The van der Waals surface area contributed by atoms with Crippen LogP contribution in [0.1, 0.15) is 10.4 Å². The predicted octanol–water partition coefficient (Wildman–Crippen LogP) is -0.213. The fraction of sp³-hybridized carbons (Fsp3) is 0. The van der Waals surface area contributed by atoms with Crippen molar-refractivity contribution in [2.75, 3.05) is 0 Å². The number of rotatable bonds is 3. The van der Waals surface area contributed by atoms with Gasteiger partial charge in [0.05, 0.1) is 10.6 Å². The number of hydrogen-bond acceptors (Lipinski definition) is 4. The number of amides is 1. The molecule has 5 nitrogen and oxygen atoms in total. The second-order valence-electron chi connectivity index (χ2n) is 2.45. The van der Waals surface area contributed by atoms with Gasteiger partial charge < -0.3 is 20.4 Å². The average Bonchev–Trinajstić information content (AvgIpc) is 2.07. The first-order valence-electron chi connectivity index (χ1n) is 3.63. The van der Waals surface area contributed by atoms with Crippen molar-refractivity contribution in [3.05, 3.63) is 28.8 Å². The normalized spacial score (nSPS) is 9.64. The first-order valence-corrected chi connectivity index (χ1v) is 4.00. The van der Waals surface area contributed by atoms with Crippen LogP contribution in [0.25, 0.3) is 0 Å². The van der Waals surface area contributed by atoms with Gasteiger partial charge >= 0.3 is 7.32 Å². The maximum Gasteiger partial charge on any atom is 0.707 e. The Balaban J connectivity index is 3.00. The van der Waals surface area contributed by atoms with Crippen molar-refractivity contribution >= 4 is 24.8 Å². The Bertz CT molecular complexity index is 358. The smallest absolute Gasteiger partial charge is 0.512 e. The first kappa shape index (κ1) is 10.8. The average molecular weight is 215 g/mol. The zero-order valence-electron chi connectivity index (χ0n) is 6.98. The van der Waals surface area contributed by atoms with Gasteiger partial charge in [-0.1, -0.05) is 11.6 Å². The number of hydrogen-bond donors (Lipinski definition) is 3. The van der Waals surface area contributed by atoms with Crippen LogP contribution in [0.4, 0.5) is 0 Å². The topological polar surface area (TPSA) is 92.8 Å². The number of halogens is 1. The van der Waals surface area contributed by atoms with E-state index in [9.17, 15) is 4.79 Å². The quantitative estimate of drug-likeness (QED) is 0.608. The maximum absolute atomic E-state index is 10.8. The molecule has 0 saturated heterocycles. The third kappa shape index (κ3) is 2.63. The van der Waals surface area contributed by atoms with Gasteiger partial charge in [0.1, 0.15) is 5.75 Å². The fourth-order valence-electron chi connectivity index (χ4n) is 0.888. The van der Waals surface area contributed by atoms with Gasteiger partial charge in [0.25, 0.3) is 0 Å². The predicted molar refractivity (Wildman–Crippen MR) is 50.8 cm³/mol. The molecule has 0 aliphatic heterocycles. The van der Waals surface area contributed by atoms with Crippen LogP contribution in [0.2, 0.25) is 5.02 Å². The molecule has 0 fully saturated rings. The Kier molecular flexibility index (Phi) is 3.35. The lowest BCUT2D eigenvalue weighted by molar-refractivity contribution is 0.1000. The van der Waals surface area contributed by atoms with Gasteiger partial charge in [0, 0.05) is 0 Å². The van der Waals surface area contributed by atoms with Crippen LogP contribution in [0.3, 0.4) is 0 Å². The Morgan fingerprint density at radius 2 is 2.14 bits per heavy atom. The van der Waals surface area contributed by atoms with Crippen LogP contribution < -0.4 is 10.4 Å². The monoisotopic (exact) mass is 215 g/mol. The van der Waals surface area contributed by atoms with Crippen LogP contribution in [-0.2, 0) is 0 Å². The Hall–Kier alpha value is -1.24. The van der Waals surface area contributed by atoms with Gasteiger partial charge in [0.15, 0.2) is 0 Å². The highest BCUT2D eigenvalue weighted by Gasteiger charge is 2.13. The number of benzene rings is 1. The van der Waals surface area contributed by atoms with Gasteiger partial charge in [-0.25, -0.2) is 0 Å². The molecule has 74 valence electrons. The van der Waals surface area contributed by atoms with Gasteiger partial charge in [0.2, 0.25) is 5.91 Å². The molecular formula is C7H7BClNO4. The van der Waals surface area contributed by atoms with Crippen molar-refractivity contribution in [1.82, 2.24) is 0 Å². The van der Waals surface area contributed by atoms with Crippen molar-refractivity contribution in [1.29, 1.82) is 0 Å². The van der Waals surface area contributed by atoms with Gasteiger partial charge in [-0.2, -0.15) is 0 Å². The first-order chi connectivity index (χ1) is 6.50. The summed E-state index contributed by atoms with van der Waals surface area (Å²) in [6, 6.07) is 3.98. The van der Waals surface area contributed by atoms with Crippen molar-refractivity contribution < 1.29 is 19.5 Å². The van der Waals surface area contributed by atoms with Crippen molar-refractivity contribution in [3.8, 4) is 5.75 Å². The van der Waals surface area contributed by atoms with Gasteiger partial charge in [-0.15, -0.1) is 0 Å². The number of carbonyl (C=O) groups is 1. The zero-order valence-corrected chi connectivity index (χ0v) is 7.73. The van der Waals surface area contributed by atoms with Crippen molar-refractivity contribution in [2.24, 2.45) is 5.73 Å². The molecule has 0 heterocycles. The molecule has 0 aromatic heterocycles. The van der Waals surface area contributed by atoms with Gasteiger partial charge in [-0.05, 0) is 18.2 Å². The summed E-state index contributed by atoms with van der Waals surface area (Å²) in [6.07, 6.45) is 0. The summed E-state index contributed by atoms with van der Waals surface area (Å²) in [5.74, 6) is -0.619. The molecule has 0 atom stereocenters. The standard InChI is InChI=1S/C7H7BClNO4/c9-6-2-1-4(14-8(12)13)3-5(6)7(10)11/h1-3,12-13H,(H2,10,11). The number of nitrogens with two attached hydrogens (primary N) is 1. The van der Waals surface area contributed by atoms with Crippen LogP contribution in [0, 0.1) is 0 Å². The Labute approximate surface area is 85.2 Å². The molecular weight excluding hydrogens is 208 g/mol. The summed E-state index contributed by atoms with van der Waals surface area (Å²) in [5.41, 5.74) is 5.07. The van der Waals surface area contributed by atoms with Crippen molar-refractivity contribution in [2.45, 2.75) is 0 Å². The van der Waals surface area contributed by atoms with E-state index in [1.54, 1.807) is 0 Å². The lowest BCUT2D eigenvalue weighted by atomic mass is 10.2. The highest BCUT2D eigenvalue weighted by molar-refractivity contribution is 6.34. The fourth-order valence-corrected chi connectivity index (χ4v) is 1.10. The molecule has 0 saturated carbocycles. The highest BCUT2D eigenvalue weighted by atomic mass is 35.5. The molecule has 1 rings (SSSR count). The molecule has 4 N–H and O–H groups in total. The minimum atomic E-state index is -1.95. The van der Waals surface area contributed by atoms with E-state index < -0.39 is 13.2 Å². The van der Waals surface area contributed by atoms with E-state index in [0.29, 0.717) is 0 Å². The third-order valence-corrected chi connectivity index (χ3v) is 1.77. The lowest BCUT2D eigenvalue weighted by Gasteiger charge is -2.06. The summed E-state index contributed by atoms with van der Waals surface area (Å²) < 4.78 is 4.50. The molecule has 7 heteroatoms. The summed E-state index contributed by atoms with van der Waals surface area (Å²) in [6.45, 7) is 0. The van der Waals surface area contributed by atoms with Crippen LogP contribution >= 0.6 is 11.6 Å². The number of carbonyl (C=O) groups excluding carboxylic acids is 1. The maximum atomic E-state index is 10.8. The highest BCUT2D eigenvalue weighted by Crippen LogP contribution is 2.21.